The summed E-state index contributed by atoms with van der Waals surface area (Å²) in [7, 11) is 2.77. The van der Waals surface area contributed by atoms with E-state index in [0.717, 1.165) is 0 Å². The fourth-order valence-electron chi connectivity index (χ4n) is 0.500. The van der Waals surface area contributed by atoms with Crippen LogP contribution in [0.5, 0.6) is 0 Å². The molecule has 0 saturated heterocycles. The van der Waals surface area contributed by atoms with Crippen molar-refractivity contribution in [2.24, 2.45) is 0 Å². The van der Waals surface area contributed by atoms with E-state index in [1.54, 1.807) is 0 Å². The van der Waals surface area contributed by atoms with E-state index in [4.69, 9.17) is 0 Å². The zero-order valence-electron chi connectivity index (χ0n) is 4.83. The zero-order valence-corrected chi connectivity index (χ0v) is 4.83. The van der Waals surface area contributed by atoms with Crippen LogP contribution >= 0.6 is 0 Å². The Morgan fingerprint density at radius 3 is 2.33 bits per heavy atom. The maximum Gasteiger partial charge on any atom is 0.112 e. The van der Waals surface area contributed by atoms with Crippen molar-refractivity contribution in [3.8, 4) is 0 Å². The number of hydrogen-bond donors (Lipinski definition) is 0. The molecule has 0 aromatic rings. The summed E-state index contributed by atoms with van der Waals surface area (Å²) >= 11 is 0. The Morgan fingerprint density at radius 2 is 2.17 bits per heavy atom. The van der Waals surface area contributed by atoms with Crippen molar-refractivity contribution in [3.63, 3.8) is 0 Å². The lowest BCUT2D eigenvalue weighted by Gasteiger charge is -1.81. The molecule has 2 heteroatoms. The molecule has 0 saturated carbocycles. The largest absolute Gasteiger partial charge is 0.112 e. The first-order chi connectivity index (χ1) is 2.91. The molecule has 34 valence electrons. The van der Waals surface area contributed by atoms with Crippen LogP contribution in [0.15, 0.2) is 0 Å². The van der Waals surface area contributed by atoms with Crippen LogP contribution < -0.4 is 0 Å². The normalized spacial score (nSPS) is 7.67. The highest BCUT2D eigenvalue weighted by Gasteiger charge is 1.81. The average molecular weight is 81.8 g/mol. The van der Waals surface area contributed by atoms with Gasteiger partial charge in [0.25, 0.3) is 0 Å². The third kappa shape index (κ3) is 4.13. The molecular weight excluding hydrogens is 69.7 g/mol. The Bertz CT molecular complexity index is 17.5. The minimum Gasteiger partial charge on any atom is -0.102 e. The SMILES string of the molecule is CBCBCC. The van der Waals surface area contributed by atoms with E-state index in [1.165, 1.54) is 27.1 Å². The van der Waals surface area contributed by atoms with Gasteiger partial charge in [0.05, 0.1) is 0 Å². The van der Waals surface area contributed by atoms with E-state index in [2.05, 4.69) is 13.7 Å². The highest BCUT2D eigenvalue weighted by molar-refractivity contribution is 6.54. The molecule has 0 aliphatic carbocycles. The molecule has 0 amide bonds. The lowest BCUT2D eigenvalue weighted by molar-refractivity contribution is 1.44. The van der Waals surface area contributed by atoms with Crippen molar-refractivity contribution < 1.29 is 0 Å². The molecule has 0 unspecified atom stereocenters. The maximum absolute atomic E-state index is 2.23. The topological polar surface area (TPSA) is 0 Å². The molecule has 0 bridgehead atoms. The first kappa shape index (κ1) is 6.13. The van der Waals surface area contributed by atoms with Gasteiger partial charge in [0.2, 0.25) is 0 Å². The molecule has 0 nitrogen and oxygen atoms in total. The summed E-state index contributed by atoms with van der Waals surface area (Å²) in [6.07, 6.45) is 2.77. The highest BCUT2D eigenvalue weighted by Crippen LogP contribution is 1.78. The predicted molar refractivity (Wildman–Crippen MR) is 35.4 cm³/mol. The van der Waals surface area contributed by atoms with E-state index >= 15 is 0 Å². The Hall–Kier alpha value is 0.130. The number of hydrogen-bond acceptors (Lipinski definition) is 0. The second-order valence-electron chi connectivity index (χ2n) is 1.71. The Kier molecular flexibility index (Phi) is 5.24. The van der Waals surface area contributed by atoms with Crippen molar-refractivity contribution in [2.75, 3.05) is 0 Å². The molecule has 0 fully saturated rings. The van der Waals surface area contributed by atoms with Gasteiger partial charge in [-0.2, -0.15) is 0 Å². The molecule has 0 heterocycles. The van der Waals surface area contributed by atoms with Crippen LogP contribution in [-0.2, 0) is 0 Å². The van der Waals surface area contributed by atoms with Crippen molar-refractivity contribution in [1.29, 1.82) is 0 Å². The van der Waals surface area contributed by atoms with Gasteiger partial charge in [-0.15, -0.1) is 6.22 Å². The molecule has 0 radical (unpaired) electrons. The van der Waals surface area contributed by atoms with Crippen LogP contribution in [0.4, 0.5) is 0 Å². The van der Waals surface area contributed by atoms with Crippen molar-refractivity contribution in [2.45, 2.75) is 26.3 Å². The Labute approximate surface area is 41.8 Å². The van der Waals surface area contributed by atoms with Crippen LogP contribution in [-0.4, -0.2) is 14.6 Å². The summed E-state index contributed by atoms with van der Waals surface area (Å²) in [5, 5.41) is 0. The molecule has 0 aromatic carbocycles. The molecule has 0 atom stereocenters. The second kappa shape index (κ2) is 5.13. The van der Waals surface area contributed by atoms with Gasteiger partial charge < -0.3 is 0 Å². The smallest absolute Gasteiger partial charge is 0.102 e. The lowest BCUT2D eigenvalue weighted by atomic mass is 9.55. The van der Waals surface area contributed by atoms with Crippen LogP contribution in [0, 0.1) is 0 Å². The average Bonchev–Trinajstić information content (AvgIpc) is 1.61. The van der Waals surface area contributed by atoms with Gasteiger partial charge in [0.1, 0.15) is 14.6 Å². The first-order valence-corrected chi connectivity index (χ1v) is 2.91. The predicted octanol–water partition coefficient (Wildman–Crippen LogP) is 0.721. The monoisotopic (exact) mass is 82.1 g/mol. The van der Waals surface area contributed by atoms with Gasteiger partial charge >= 0.3 is 0 Å². The third-order valence-electron chi connectivity index (χ3n) is 0.957. The lowest BCUT2D eigenvalue weighted by Crippen LogP contribution is -1.89. The molecule has 0 spiro atoms. The van der Waals surface area contributed by atoms with Crippen LogP contribution in [0.1, 0.15) is 6.92 Å². The van der Waals surface area contributed by atoms with Gasteiger partial charge in [-0.25, -0.2) is 0 Å². The van der Waals surface area contributed by atoms with Crippen LogP contribution in [0.2, 0.25) is 19.4 Å². The van der Waals surface area contributed by atoms with Crippen LogP contribution in [0.25, 0.3) is 0 Å². The summed E-state index contributed by atoms with van der Waals surface area (Å²) in [4.78, 5) is 0. The van der Waals surface area contributed by atoms with E-state index in [-0.39, 0.29) is 0 Å². The van der Waals surface area contributed by atoms with Gasteiger partial charge in [-0.1, -0.05) is 20.1 Å². The zero-order chi connectivity index (χ0) is 4.83. The summed E-state index contributed by atoms with van der Waals surface area (Å²) in [6, 6.07) is 0. The summed E-state index contributed by atoms with van der Waals surface area (Å²) < 4.78 is 0. The van der Waals surface area contributed by atoms with E-state index in [9.17, 15) is 0 Å². The van der Waals surface area contributed by atoms with Gasteiger partial charge in [0.15, 0.2) is 0 Å². The van der Waals surface area contributed by atoms with Gasteiger partial charge in [-0.3, -0.25) is 0 Å². The number of rotatable bonds is 3. The summed E-state index contributed by atoms with van der Waals surface area (Å²) in [5.74, 6) is 0. The fraction of sp³-hybridized carbons (Fsp3) is 1.00. The van der Waals surface area contributed by atoms with Gasteiger partial charge in [-0.05, 0) is 0 Å². The molecule has 0 aromatic heterocycles. The first-order valence-electron chi connectivity index (χ1n) is 2.91. The molecule has 0 aliphatic rings. The Balaban J connectivity index is 2.34. The fourth-order valence-corrected chi connectivity index (χ4v) is 0.500. The maximum atomic E-state index is 2.23. The molecule has 0 rings (SSSR count). The molecule has 0 aliphatic heterocycles. The van der Waals surface area contributed by atoms with E-state index < -0.39 is 0 Å². The highest BCUT2D eigenvalue weighted by atomic mass is 13.4. The summed E-state index contributed by atoms with van der Waals surface area (Å²) in [6.45, 7) is 4.46. The molecule has 0 N–H and O–H groups in total. The molecule has 6 heavy (non-hydrogen) atoms. The third-order valence-corrected chi connectivity index (χ3v) is 0.957. The van der Waals surface area contributed by atoms with Crippen molar-refractivity contribution in [1.82, 2.24) is 0 Å². The van der Waals surface area contributed by atoms with E-state index in [0.29, 0.717) is 0 Å². The minimum atomic E-state index is 1.36. The van der Waals surface area contributed by atoms with E-state index in [1.807, 2.05) is 0 Å². The van der Waals surface area contributed by atoms with Crippen LogP contribution in [0.3, 0.4) is 0 Å². The standard InChI is InChI=1S/C4H12B2/c1-3-6-4-5-2/h5-6H,3-4H2,1-2H3. The van der Waals surface area contributed by atoms with Crippen molar-refractivity contribution in [3.05, 3.63) is 0 Å². The quantitative estimate of drug-likeness (QED) is 0.347. The van der Waals surface area contributed by atoms with Gasteiger partial charge in [0, 0.05) is 0 Å². The molecular formula is C4H12B2. The summed E-state index contributed by atoms with van der Waals surface area (Å²) in [5.41, 5.74) is 0. The second-order valence-corrected chi connectivity index (χ2v) is 1.71. The Morgan fingerprint density at radius 1 is 1.50 bits per heavy atom. The minimum absolute atomic E-state index is 1.36. The van der Waals surface area contributed by atoms with Crippen molar-refractivity contribution >= 4 is 14.6 Å².